The number of fused-ring (bicyclic) bond motifs is 1. The smallest absolute Gasteiger partial charge is 0.231 e. The van der Waals surface area contributed by atoms with Gasteiger partial charge >= 0.3 is 0 Å². The van der Waals surface area contributed by atoms with Crippen LogP contribution in [-0.4, -0.2) is 32.4 Å². The van der Waals surface area contributed by atoms with Crippen LogP contribution in [-0.2, 0) is 21.1 Å². The molecule has 1 atom stereocenters. The van der Waals surface area contributed by atoms with Crippen molar-refractivity contribution in [2.24, 2.45) is 5.92 Å². The lowest BCUT2D eigenvalue weighted by Gasteiger charge is -2.31. The minimum absolute atomic E-state index is 0.0139. The Labute approximate surface area is 118 Å². The van der Waals surface area contributed by atoms with Crippen LogP contribution in [0.3, 0.4) is 0 Å². The lowest BCUT2D eigenvalue weighted by molar-refractivity contribution is -0.121. The van der Waals surface area contributed by atoms with E-state index in [0.29, 0.717) is 18.7 Å². The quantitative estimate of drug-likeness (QED) is 0.783. The SMILES string of the molecule is Nc1cccc2c1CCCN2C(=O)C1CCS(=O)(=O)C1. The number of amides is 1. The molecular weight excluding hydrogens is 276 g/mol. The molecule has 6 heteroatoms. The van der Waals surface area contributed by atoms with Crippen molar-refractivity contribution in [1.82, 2.24) is 0 Å². The zero-order valence-corrected chi connectivity index (χ0v) is 12.0. The number of anilines is 2. The van der Waals surface area contributed by atoms with Crippen molar-refractivity contribution in [2.75, 3.05) is 28.7 Å². The minimum atomic E-state index is -3.04. The predicted molar refractivity (Wildman–Crippen MR) is 78.3 cm³/mol. The highest BCUT2D eigenvalue weighted by Crippen LogP contribution is 2.33. The van der Waals surface area contributed by atoms with Gasteiger partial charge in [-0.2, -0.15) is 0 Å². The monoisotopic (exact) mass is 294 g/mol. The molecule has 1 unspecified atom stereocenters. The zero-order valence-electron chi connectivity index (χ0n) is 11.2. The van der Waals surface area contributed by atoms with Gasteiger partial charge in [-0.05, 0) is 37.0 Å². The van der Waals surface area contributed by atoms with Crippen molar-refractivity contribution in [2.45, 2.75) is 19.3 Å². The average molecular weight is 294 g/mol. The Morgan fingerprint density at radius 1 is 1.35 bits per heavy atom. The molecule has 1 saturated heterocycles. The lowest BCUT2D eigenvalue weighted by atomic mass is 9.98. The molecule has 0 spiro atoms. The second-order valence-corrected chi connectivity index (χ2v) is 7.77. The molecule has 0 radical (unpaired) electrons. The molecule has 0 aromatic heterocycles. The van der Waals surface area contributed by atoms with E-state index in [2.05, 4.69) is 0 Å². The molecule has 1 aromatic carbocycles. The van der Waals surface area contributed by atoms with Gasteiger partial charge < -0.3 is 10.6 Å². The number of nitrogens with zero attached hydrogens (tertiary/aromatic N) is 1. The maximum absolute atomic E-state index is 12.6. The second-order valence-electron chi connectivity index (χ2n) is 5.54. The molecule has 0 bridgehead atoms. The van der Waals surface area contributed by atoms with Crippen LogP contribution in [0.2, 0.25) is 0 Å². The third-order valence-electron chi connectivity index (χ3n) is 4.13. The maximum Gasteiger partial charge on any atom is 0.231 e. The van der Waals surface area contributed by atoms with Crippen LogP contribution in [0, 0.1) is 5.92 Å². The van der Waals surface area contributed by atoms with Gasteiger partial charge in [0.05, 0.1) is 17.4 Å². The van der Waals surface area contributed by atoms with Crippen molar-refractivity contribution in [3.8, 4) is 0 Å². The van der Waals surface area contributed by atoms with E-state index in [1.165, 1.54) is 0 Å². The molecule has 0 saturated carbocycles. The first-order valence-electron chi connectivity index (χ1n) is 6.87. The summed E-state index contributed by atoms with van der Waals surface area (Å²) >= 11 is 0. The van der Waals surface area contributed by atoms with Crippen LogP contribution < -0.4 is 10.6 Å². The predicted octanol–water partition coefficient (Wildman–Crippen LogP) is 0.983. The molecule has 1 aromatic rings. The Morgan fingerprint density at radius 3 is 2.85 bits per heavy atom. The van der Waals surface area contributed by atoms with Crippen molar-refractivity contribution >= 4 is 27.1 Å². The Balaban J connectivity index is 1.90. The summed E-state index contributed by atoms with van der Waals surface area (Å²) in [6.07, 6.45) is 2.18. The molecule has 108 valence electrons. The van der Waals surface area contributed by atoms with Crippen LogP contribution in [0.15, 0.2) is 18.2 Å². The first-order chi connectivity index (χ1) is 9.48. The molecule has 5 nitrogen and oxygen atoms in total. The molecular formula is C14H18N2O3S. The van der Waals surface area contributed by atoms with E-state index in [-0.39, 0.29) is 17.4 Å². The summed E-state index contributed by atoms with van der Waals surface area (Å²) in [5, 5.41) is 0. The van der Waals surface area contributed by atoms with Gasteiger partial charge in [0.25, 0.3) is 0 Å². The van der Waals surface area contributed by atoms with E-state index in [0.717, 1.165) is 24.1 Å². The van der Waals surface area contributed by atoms with E-state index in [9.17, 15) is 13.2 Å². The first-order valence-corrected chi connectivity index (χ1v) is 8.69. The van der Waals surface area contributed by atoms with E-state index in [1.54, 1.807) is 4.90 Å². The van der Waals surface area contributed by atoms with Gasteiger partial charge in [-0.1, -0.05) is 6.07 Å². The Bertz CT molecular complexity index is 654. The molecule has 2 aliphatic heterocycles. The Morgan fingerprint density at radius 2 is 2.15 bits per heavy atom. The molecule has 3 rings (SSSR count). The normalized spacial score (nSPS) is 24.4. The van der Waals surface area contributed by atoms with E-state index < -0.39 is 15.8 Å². The zero-order chi connectivity index (χ0) is 14.3. The number of rotatable bonds is 1. The third-order valence-corrected chi connectivity index (χ3v) is 5.90. The largest absolute Gasteiger partial charge is 0.398 e. The van der Waals surface area contributed by atoms with Gasteiger partial charge in [-0.15, -0.1) is 0 Å². The van der Waals surface area contributed by atoms with Gasteiger partial charge in [0.15, 0.2) is 9.84 Å². The Kier molecular flexibility index (Phi) is 3.20. The lowest BCUT2D eigenvalue weighted by Crippen LogP contribution is -2.40. The molecule has 2 N–H and O–H groups in total. The highest BCUT2D eigenvalue weighted by Gasteiger charge is 2.37. The minimum Gasteiger partial charge on any atom is -0.398 e. The number of carbonyl (C=O) groups excluding carboxylic acids is 1. The van der Waals surface area contributed by atoms with Crippen molar-refractivity contribution in [1.29, 1.82) is 0 Å². The summed E-state index contributed by atoms with van der Waals surface area (Å²) in [5.74, 6) is -0.355. The summed E-state index contributed by atoms with van der Waals surface area (Å²) < 4.78 is 23.1. The van der Waals surface area contributed by atoms with Crippen molar-refractivity contribution in [3.05, 3.63) is 23.8 Å². The van der Waals surface area contributed by atoms with E-state index >= 15 is 0 Å². The highest BCUT2D eigenvalue weighted by molar-refractivity contribution is 7.91. The van der Waals surface area contributed by atoms with Crippen LogP contribution in [0.25, 0.3) is 0 Å². The average Bonchev–Trinajstić information content (AvgIpc) is 2.78. The summed E-state index contributed by atoms with van der Waals surface area (Å²) in [7, 11) is -3.04. The number of nitrogens with two attached hydrogens (primary N) is 1. The number of hydrogen-bond acceptors (Lipinski definition) is 4. The molecule has 0 aliphatic carbocycles. The maximum atomic E-state index is 12.6. The van der Waals surface area contributed by atoms with Gasteiger partial charge in [-0.25, -0.2) is 8.42 Å². The number of nitrogen functional groups attached to an aromatic ring is 1. The first kappa shape index (κ1) is 13.4. The van der Waals surface area contributed by atoms with Gasteiger partial charge in [0.2, 0.25) is 5.91 Å². The third kappa shape index (κ3) is 2.28. The van der Waals surface area contributed by atoms with Gasteiger partial charge in [0.1, 0.15) is 0 Å². The number of carbonyl (C=O) groups is 1. The topological polar surface area (TPSA) is 80.5 Å². The van der Waals surface area contributed by atoms with E-state index in [4.69, 9.17) is 5.73 Å². The molecule has 2 heterocycles. The van der Waals surface area contributed by atoms with Gasteiger partial charge in [-0.3, -0.25) is 4.79 Å². The number of benzene rings is 1. The standard InChI is InChI=1S/C14H18N2O3S/c15-12-4-1-5-13-11(12)3-2-7-16(13)14(17)10-6-8-20(18,19)9-10/h1,4-5,10H,2-3,6-9,15H2. The fraction of sp³-hybridized carbons (Fsp3) is 0.500. The summed E-state index contributed by atoms with van der Waals surface area (Å²) in [5.41, 5.74) is 8.53. The second kappa shape index (κ2) is 4.77. The molecule has 1 fully saturated rings. The summed E-state index contributed by atoms with van der Waals surface area (Å²) in [4.78, 5) is 14.3. The van der Waals surface area contributed by atoms with Crippen LogP contribution in [0.1, 0.15) is 18.4 Å². The summed E-state index contributed by atoms with van der Waals surface area (Å²) in [6, 6.07) is 5.57. The number of hydrogen-bond donors (Lipinski definition) is 1. The number of sulfone groups is 1. The fourth-order valence-electron chi connectivity index (χ4n) is 3.09. The van der Waals surface area contributed by atoms with Crippen molar-refractivity contribution in [3.63, 3.8) is 0 Å². The van der Waals surface area contributed by atoms with Crippen LogP contribution in [0.5, 0.6) is 0 Å². The van der Waals surface area contributed by atoms with Crippen LogP contribution >= 0.6 is 0 Å². The van der Waals surface area contributed by atoms with Crippen molar-refractivity contribution < 1.29 is 13.2 Å². The highest BCUT2D eigenvalue weighted by atomic mass is 32.2. The van der Waals surface area contributed by atoms with Crippen LogP contribution in [0.4, 0.5) is 11.4 Å². The fourth-order valence-corrected chi connectivity index (χ4v) is 4.82. The molecule has 20 heavy (non-hydrogen) atoms. The van der Waals surface area contributed by atoms with Gasteiger partial charge in [0, 0.05) is 17.9 Å². The Hall–Kier alpha value is -1.56. The molecule has 1 amide bonds. The van der Waals surface area contributed by atoms with E-state index in [1.807, 2.05) is 18.2 Å². The summed E-state index contributed by atoms with van der Waals surface area (Å²) in [6.45, 7) is 0.645. The molecule has 2 aliphatic rings.